The van der Waals surface area contributed by atoms with Crippen LogP contribution in [0.5, 0.6) is 11.5 Å². The first-order valence-corrected chi connectivity index (χ1v) is 6.87. The van der Waals surface area contributed by atoms with Crippen molar-refractivity contribution in [3.8, 4) is 11.5 Å². The molecule has 0 heterocycles. The van der Waals surface area contributed by atoms with Gasteiger partial charge in [0.2, 0.25) is 0 Å². The van der Waals surface area contributed by atoms with Crippen molar-refractivity contribution in [2.24, 2.45) is 5.92 Å². The molecular weight excluding hydrogens is 242 g/mol. The summed E-state index contributed by atoms with van der Waals surface area (Å²) in [6, 6.07) is 7.53. The second kappa shape index (κ2) is 6.26. The molecule has 19 heavy (non-hydrogen) atoms. The first kappa shape index (κ1) is 14.2. The van der Waals surface area contributed by atoms with E-state index in [9.17, 15) is 5.11 Å². The highest BCUT2D eigenvalue weighted by Gasteiger charge is 2.45. The van der Waals surface area contributed by atoms with Gasteiger partial charge in [-0.25, -0.2) is 0 Å². The largest absolute Gasteiger partial charge is 0.497 e. The van der Waals surface area contributed by atoms with Gasteiger partial charge in [0.15, 0.2) is 0 Å². The van der Waals surface area contributed by atoms with Gasteiger partial charge in [-0.05, 0) is 49.6 Å². The summed E-state index contributed by atoms with van der Waals surface area (Å²) in [5, 5.41) is 13.1. The van der Waals surface area contributed by atoms with Crippen molar-refractivity contribution in [2.75, 3.05) is 26.9 Å². The minimum Gasteiger partial charge on any atom is -0.497 e. The molecule has 1 aliphatic rings. The van der Waals surface area contributed by atoms with E-state index < -0.39 is 0 Å². The highest BCUT2D eigenvalue weighted by molar-refractivity contribution is 5.31. The summed E-state index contributed by atoms with van der Waals surface area (Å²) in [4.78, 5) is 0. The molecule has 1 aromatic carbocycles. The molecular formula is C15H23NO3. The van der Waals surface area contributed by atoms with Crippen molar-refractivity contribution in [3.63, 3.8) is 0 Å². The van der Waals surface area contributed by atoms with Gasteiger partial charge in [0.25, 0.3) is 0 Å². The number of nitrogens with one attached hydrogen (secondary N) is 1. The van der Waals surface area contributed by atoms with E-state index in [4.69, 9.17) is 9.47 Å². The molecule has 0 amide bonds. The molecule has 1 unspecified atom stereocenters. The first-order chi connectivity index (χ1) is 9.24. The van der Waals surface area contributed by atoms with E-state index in [1.165, 1.54) is 12.8 Å². The maximum absolute atomic E-state index is 9.72. The van der Waals surface area contributed by atoms with Crippen LogP contribution < -0.4 is 14.8 Å². The molecule has 2 rings (SSSR count). The third-order valence-electron chi connectivity index (χ3n) is 3.73. The monoisotopic (exact) mass is 265 g/mol. The topological polar surface area (TPSA) is 50.7 Å². The zero-order valence-corrected chi connectivity index (χ0v) is 11.7. The molecule has 1 aromatic rings. The lowest BCUT2D eigenvalue weighted by Crippen LogP contribution is -2.55. The van der Waals surface area contributed by atoms with Crippen molar-refractivity contribution < 1.29 is 14.6 Å². The van der Waals surface area contributed by atoms with Gasteiger partial charge in [0.1, 0.15) is 18.1 Å². The lowest BCUT2D eigenvalue weighted by molar-refractivity contribution is 0.0864. The summed E-state index contributed by atoms with van der Waals surface area (Å²) in [5.41, 5.74) is -0.297. The predicted molar refractivity (Wildman–Crippen MR) is 74.7 cm³/mol. The fourth-order valence-electron chi connectivity index (χ4n) is 2.42. The number of aliphatic hydroxyl groups excluding tert-OH is 1. The number of methoxy groups -OCH3 is 1. The standard InChI is InChI=1S/C15H23NO3/c1-3-16-15(10-17,12-4-5-12)11-19-14-8-6-13(18-2)7-9-14/h6-9,12,16-17H,3-5,10-11H2,1-2H3. The van der Waals surface area contributed by atoms with E-state index in [2.05, 4.69) is 12.2 Å². The Kier molecular flexibility index (Phi) is 4.66. The molecule has 1 fully saturated rings. The molecule has 2 N–H and O–H groups in total. The minimum absolute atomic E-state index is 0.113. The fourth-order valence-corrected chi connectivity index (χ4v) is 2.42. The third kappa shape index (κ3) is 3.39. The van der Waals surface area contributed by atoms with E-state index in [1.54, 1.807) is 7.11 Å². The average Bonchev–Trinajstić information content (AvgIpc) is 3.29. The second-order valence-electron chi connectivity index (χ2n) is 5.08. The predicted octanol–water partition coefficient (Wildman–Crippen LogP) is 1.82. The van der Waals surface area contributed by atoms with Gasteiger partial charge < -0.3 is 19.9 Å². The summed E-state index contributed by atoms with van der Waals surface area (Å²) in [5.74, 6) is 2.14. The van der Waals surface area contributed by atoms with E-state index in [-0.39, 0.29) is 12.1 Å². The number of rotatable bonds is 8. The Labute approximate surface area is 114 Å². The van der Waals surface area contributed by atoms with Gasteiger partial charge >= 0.3 is 0 Å². The second-order valence-corrected chi connectivity index (χ2v) is 5.08. The molecule has 1 saturated carbocycles. The van der Waals surface area contributed by atoms with Crippen LogP contribution in [0.1, 0.15) is 19.8 Å². The third-order valence-corrected chi connectivity index (χ3v) is 3.73. The molecule has 0 radical (unpaired) electrons. The SMILES string of the molecule is CCNC(CO)(COc1ccc(OC)cc1)C1CC1. The van der Waals surface area contributed by atoms with Crippen LogP contribution in [0.4, 0.5) is 0 Å². The van der Waals surface area contributed by atoms with Gasteiger partial charge in [0, 0.05) is 0 Å². The van der Waals surface area contributed by atoms with Crippen LogP contribution in [0.15, 0.2) is 24.3 Å². The number of benzene rings is 1. The highest BCUT2D eigenvalue weighted by atomic mass is 16.5. The van der Waals surface area contributed by atoms with Gasteiger partial charge in [-0.3, -0.25) is 0 Å². The quantitative estimate of drug-likeness (QED) is 0.753. The van der Waals surface area contributed by atoms with Crippen molar-refractivity contribution in [1.82, 2.24) is 5.32 Å². The van der Waals surface area contributed by atoms with E-state index in [0.29, 0.717) is 12.5 Å². The average molecular weight is 265 g/mol. The van der Waals surface area contributed by atoms with Crippen LogP contribution in [0, 0.1) is 5.92 Å². The molecule has 0 spiro atoms. The van der Waals surface area contributed by atoms with Crippen LogP contribution >= 0.6 is 0 Å². The molecule has 1 atom stereocenters. The molecule has 4 nitrogen and oxygen atoms in total. The molecule has 1 aliphatic carbocycles. The zero-order valence-electron chi connectivity index (χ0n) is 11.7. The smallest absolute Gasteiger partial charge is 0.119 e. The summed E-state index contributed by atoms with van der Waals surface area (Å²) in [6.07, 6.45) is 2.33. The Morgan fingerprint density at radius 3 is 2.37 bits per heavy atom. The Balaban J connectivity index is 1.97. The van der Waals surface area contributed by atoms with Gasteiger partial charge in [-0.15, -0.1) is 0 Å². The molecule has 0 aliphatic heterocycles. The number of hydrogen-bond donors (Lipinski definition) is 2. The summed E-state index contributed by atoms with van der Waals surface area (Å²) >= 11 is 0. The maximum Gasteiger partial charge on any atom is 0.119 e. The number of aliphatic hydroxyl groups is 1. The number of hydrogen-bond acceptors (Lipinski definition) is 4. The van der Waals surface area contributed by atoms with Crippen molar-refractivity contribution >= 4 is 0 Å². The summed E-state index contributed by atoms with van der Waals surface area (Å²) in [6.45, 7) is 3.50. The maximum atomic E-state index is 9.72. The van der Waals surface area contributed by atoms with Crippen LogP contribution in [0.3, 0.4) is 0 Å². The van der Waals surface area contributed by atoms with E-state index in [1.807, 2.05) is 24.3 Å². The molecule has 0 saturated heterocycles. The Hall–Kier alpha value is -1.26. The van der Waals surface area contributed by atoms with Gasteiger partial charge in [-0.2, -0.15) is 0 Å². The first-order valence-electron chi connectivity index (χ1n) is 6.87. The molecule has 4 heteroatoms. The highest BCUT2D eigenvalue weighted by Crippen LogP contribution is 2.39. The lowest BCUT2D eigenvalue weighted by Gasteiger charge is -2.32. The molecule has 106 valence electrons. The summed E-state index contributed by atoms with van der Waals surface area (Å²) < 4.78 is 11.0. The van der Waals surface area contributed by atoms with Crippen molar-refractivity contribution in [2.45, 2.75) is 25.3 Å². The Bertz CT molecular complexity index is 389. The lowest BCUT2D eigenvalue weighted by atomic mass is 9.95. The van der Waals surface area contributed by atoms with E-state index in [0.717, 1.165) is 18.0 Å². The molecule has 0 aromatic heterocycles. The molecule has 0 bridgehead atoms. The van der Waals surface area contributed by atoms with Crippen LogP contribution in [-0.2, 0) is 0 Å². The summed E-state index contributed by atoms with van der Waals surface area (Å²) in [7, 11) is 1.64. The van der Waals surface area contributed by atoms with Gasteiger partial charge in [-0.1, -0.05) is 6.92 Å². The normalized spacial score (nSPS) is 17.8. The minimum atomic E-state index is -0.297. The van der Waals surface area contributed by atoms with Crippen LogP contribution in [0.2, 0.25) is 0 Å². The van der Waals surface area contributed by atoms with Crippen LogP contribution in [0.25, 0.3) is 0 Å². The number of likely N-dealkylation sites (N-methyl/N-ethyl adjacent to an activating group) is 1. The van der Waals surface area contributed by atoms with E-state index >= 15 is 0 Å². The number of ether oxygens (including phenoxy) is 2. The van der Waals surface area contributed by atoms with Gasteiger partial charge in [0.05, 0.1) is 19.3 Å². The Morgan fingerprint density at radius 1 is 1.26 bits per heavy atom. The van der Waals surface area contributed by atoms with Crippen molar-refractivity contribution in [3.05, 3.63) is 24.3 Å². The van der Waals surface area contributed by atoms with Crippen molar-refractivity contribution in [1.29, 1.82) is 0 Å². The zero-order chi connectivity index (χ0) is 13.7. The Morgan fingerprint density at radius 2 is 1.89 bits per heavy atom. The van der Waals surface area contributed by atoms with Crippen LogP contribution in [-0.4, -0.2) is 37.5 Å². The fraction of sp³-hybridized carbons (Fsp3) is 0.600.